The molecule has 0 radical (unpaired) electrons. The van der Waals surface area contributed by atoms with Crippen molar-refractivity contribution in [3.63, 3.8) is 0 Å². The Labute approximate surface area is 80.5 Å². The topological polar surface area (TPSA) is 77.4 Å². The summed E-state index contributed by atoms with van der Waals surface area (Å²) in [4.78, 5) is 19.8. The summed E-state index contributed by atoms with van der Waals surface area (Å²) in [6.07, 6.45) is -2.02. The predicted molar refractivity (Wildman–Crippen MR) is 26.3 cm³/mol. The number of carboxylic acids is 1. The normalized spacial score (nSPS) is 11.4. The van der Waals surface area contributed by atoms with Crippen molar-refractivity contribution in [3.8, 4) is 0 Å². The molecule has 0 bridgehead atoms. The van der Waals surface area contributed by atoms with Gasteiger partial charge in [0.05, 0.1) is 5.97 Å². The zero-order valence-corrected chi connectivity index (χ0v) is 7.96. The number of aliphatic hydroxyl groups is 1. The van der Waals surface area contributed by atoms with Crippen LogP contribution in [-0.4, -0.2) is 23.0 Å². The molecule has 0 saturated carbocycles. The molecule has 0 aliphatic rings. The Morgan fingerprint density at radius 1 is 1.60 bits per heavy atom. The molecule has 0 heterocycles. The van der Waals surface area contributed by atoms with Crippen molar-refractivity contribution in [3.05, 3.63) is 0 Å². The molecular formula is C5H7NaO4. The van der Waals surface area contributed by atoms with Gasteiger partial charge < -0.3 is 15.0 Å². The van der Waals surface area contributed by atoms with E-state index >= 15 is 0 Å². The number of carbonyl (C=O) groups is 2. The first-order valence-corrected chi connectivity index (χ1v) is 2.42. The first-order valence-electron chi connectivity index (χ1n) is 2.42. The Morgan fingerprint density at radius 3 is 2.10 bits per heavy atom. The number of Topliss-reactive ketones (excluding diaryl/α,β-unsaturated/α-hetero) is 1. The molecule has 10 heavy (non-hydrogen) atoms. The average molecular weight is 154 g/mol. The van der Waals surface area contributed by atoms with Crippen molar-refractivity contribution in [1.29, 1.82) is 0 Å². The molecule has 52 valence electrons. The van der Waals surface area contributed by atoms with Crippen LogP contribution in [0, 0.1) is 0 Å². The van der Waals surface area contributed by atoms with Crippen LogP contribution in [0.1, 0.15) is 13.3 Å². The standard InChI is InChI=1S/C5H8O4.Na/c1-3(6)2-4(7)5(8)9;/h4,7H,2H2,1H3,(H,8,9);/q;+1/p-1. The maximum Gasteiger partial charge on any atom is 1.00 e. The van der Waals surface area contributed by atoms with Crippen molar-refractivity contribution in [1.82, 2.24) is 0 Å². The van der Waals surface area contributed by atoms with Gasteiger partial charge in [-0.3, -0.25) is 4.79 Å². The molecule has 0 fully saturated rings. The number of hydrogen-bond donors (Lipinski definition) is 1. The zero-order valence-electron chi connectivity index (χ0n) is 5.96. The van der Waals surface area contributed by atoms with Gasteiger partial charge in [-0.05, 0) is 6.92 Å². The van der Waals surface area contributed by atoms with Gasteiger partial charge in [0.1, 0.15) is 11.9 Å². The van der Waals surface area contributed by atoms with Crippen molar-refractivity contribution in [2.45, 2.75) is 19.4 Å². The summed E-state index contributed by atoms with van der Waals surface area (Å²) >= 11 is 0. The van der Waals surface area contributed by atoms with Gasteiger partial charge in [-0.1, -0.05) is 0 Å². The van der Waals surface area contributed by atoms with Crippen LogP contribution in [0.5, 0.6) is 0 Å². The first-order chi connectivity index (χ1) is 4.04. The molecule has 0 amide bonds. The van der Waals surface area contributed by atoms with E-state index in [-0.39, 0.29) is 41.8 Å². The molecule has 4 nitrogen and oxygen atoms in total. The number of rotatable bonds is 3. The van der Waals surface area contributed by atoms with Gasteiger partial charge in [0.15, 0.2) is 0 Å². The summed E-state index contributed by atoms with van der Waals surface area (Å²) < 4.78 is 0. The fraction of sp³-hybridized carbons (Fsp3) is 0.600. The molecular weight excluding hydrogens is 147 g/mol. The second-order valence-electron chi connectivity index (χ2n) is 1.74. The van der Waals surface area contributed by atoms with Crippen LogP contribution in [-0.2, 0) is 9.59 Å². The van der Waals surface area contributed by atoms with Gasteiger partial charge in [-0.2, -0.15) is 0 Å². The van der Waals surface area contributed by atoms with Crippen molar-refractivity contribution >= 4 is 11.8 Å². The van der Waals surface area contributed by atoms with Crippen LogP contribution in [0.2, 0.25) is 0 Å². The second kappa shape index (κ2) is 5.85. The molecule has 0 aromatic carbocycles. The summed E-state index contributed by atoms with van der Waals surface area (Å²) in [6.45, 7) is 1.20. The maximum atomic E-state index is 10.1. The van der Waals surface area contributed by atoms with Gasteiger partial charge in [0.2, 0.25) is 0 Å². The Kier molecular flexibility index (Phi) is 7.46. The van der Waals surface area contributed by atoms with Crippen LogP contribution in [0.25, 0.3) is 0 Å². The van der Waals surface area contributed by atoms with E-state index < -0.39 is 12.1 Å². The van der Waals surface area contributed by atoms with Crippen LogP contribution in [0.3, 0.4) is 0 Å². The van der Waals surface area contributed by atoms with E-state index in [9.17, 15) is 14.7 Å². The summed E-state index contributed by atoms with van der Waals surface area (Å²) in [6, 6.07) is 0. The molecule has 1 unspecified atom stereocenters. The van der Waals surface area contributed by atoms with Crippen LogP contribution in [0.15, 0.2) is 0 Å². The summed E-state index contributed by atoms with van der Waals surface area (Å²) in [7, 11) is 0. The Hall–Kier alpha value is 0.100. The molecule has 0 aromatic rings. The quantitative estimate of drug-likeness (QED) is 0.413. The van der Waals surface area contributed by atoms with Gasteiger partial charge in [0, 0.05) is 6.42 Å². The SMILES string of the molecule is CC(=O)CC(O)C(=O)[O-].[Na+]. The fourth-order valence-electron chi connectivity index (χ4n) is 0.356. The molecule has 1 N–H and O–H groups in total. The third-order valence-corrected chi connectivity index (χ3v) is 0.753. The number of aliphatic carboxylic acids is 1. The van der Waals surface area contributed by atoms with Gasteiger partial charge in [-0.15, -0.1) is 0 Å². The fourth-order valence-corrected chi connectivity index (χ4v) is 0.356. The first kappa shape index (κ1) is 12.7. The van der Waals surface area contributed by atoms with Crippen LogP contribution in [0.4, 0.5) is 0 Å². The monoisotopic (exact) mass is 154 g/mol. The molecule has 0 rings (SSSR count). The molecule has 1 atom stereocenters. The summed E-state index contributed by atoms with van der Waals surface area (Å²) in [5.41, 5.74) is 0. The summed E-state index contributed by atoms with van der Waals surface area (Å²) in [5, 5.41) is 18.1. The minimum Gasteiger partial charge on any atom is -0.547 e. The number of hydrogen-bond acceptors (Lipinski definition) is 4. The molecule has 0 aliphatic carbocycles. The zero-order chi connectivity index (χ0) is 7.44. The third kappa shape index (κ3) is 6.22. The number of ketones is 1. The van der Waals surface area contributed by atoms with E-state index in [1.54, 1.807) is 0 Å². The number of carbonyl (C=O) groups excluding carboxylic acids is 2. The van der Waals surface area contributed by atoms with Crippen molar-refractivity contribution < 1.29 is 49.4 Å². The van der Waals surface area contributed by atoms with E-state index in [0.29, 0.717) is 0 Å². The Morgan fingerprint density at radius 2 is 2.00 bits per heavy atom. The van der Waals surface area contributed by atoms with Crippen molar-refractivity contribution in [2.24, 2.45) is 0 Å². The van der Waals surface area contributed by atoms with E-state index in [0.717, 1.165) is 0 Å². The minimum atomic E-state index is -1.65. The van der Waals surface area contributed by atoms with Crippen LogP contribution >= 0.6 is 0 Å². The summed E-state index contributed by atoms with van der Waals surface area (Å²) in [5.74, 6) is -1.98. The Balaban J connectivity index is 0. The molecule has 5 heteroatoms. The third-order valence-electron chi connectivity index (χ3n) is 0.753. The maximum absolute atomic E-state index is 10.1. The predicted octanol–water partition coefficient (Wildman–Crippen LogP) is -4.92. The number of aliphatic hydroxyl groups excluding tert-OH is 1. The van der Waals surface area contributed by atoms with E-state index in [1.165, 1.54) is 6.92 Å². The molecule has 0 aliphatic heterocycles. The van der Waals surface area contributed by atoms with Crippen molar-refractivity contribution in [2.75, 3.05) is 0 Å². The van der Waals surface area contributed by atoms with Gasteiger partial charge >= 0.3 is 29.6 Å². The van der Waals surface area contributed by atoms with E-state index in [2.05, 4.69) is 0 Å². The largest absolute Gasteiger partial charge is 1.00 e. The Bertz CT molecular complexity index is 134. The molecule has 0 aromatic heterocycles. The van der Waals surface area contributed by atoms with E-state index in [1.807, 2.05) is 0 Å². The van der Waals surface area contributed by atoms with E-state index in [4.69, 9.17) is 5.11 Å². The minimum absolute atomic E-state index is 0. The number of carboxylic acid groups (broad SMARTS) is 1. The second-order valence-corrected chi connectivity index (χ2v) is 1.74. The smallest absolute Gasteiger partial charge is 0.547 e. The van der Waals surface area contributed by atoms with Gasteiger partial charge in [0.25, 0.3) is 0 Å². The van der Waals surface area contributed by atoms with Gasteiger partial charge in [-0.25, -0.2) is 0 Å². The molecule has 0 saturated heterocycles. The molecule has 0 spiro atoms. The average Bonchev–Trinajstić information content (AvgIpc) is 1.63. The van der Waals surface area contributed by atoms with Crippen LogP contribution < -0.4 is 34.7 Å².